The Morgan fingerprint density at radius 3 is 2.71 bits per heavy atom. The first kappa shape index (κ1) is 18.4. The molecule has 7 heteroatoms. The molecule has 1 saturated heterocycles. The van der Waals surface area contributed by atoms with Gasteiger partial charge in [0.2, 0.25) is 6.79 Å². The lowest BCUT2D eigenvalue weighted by atomic mass is 9.94. The minimum atomic E-state index is -0.810. The fourth-order valence-electron chi connectivity index (χ4n) is 4.04. The normalized spacial score (nSPS) is 19.4. The number of likely N-dealkylation sites (tertiary alicyclic amines) is 1. The Morgan fingerprint density at radius 2 is 1.96 bits per heavy atom. The summed E-state index contributed by atoms with van der Waals surface area (Å²) in [6.45, 7) is 0.877. The molecule has 0 spiro atoms. The molecule has 2 heterocycles. The highest BCUT2D eigenvalue weighted by atomic mass is 16.7. The van der Waals surface area contributed by atoms with Crippen molar-refractivity contribution in [1.82, 2.24) is 4.90 Å². The van der Waals surface area contributed by atoms with Crippen molar-refractivity contribution in [3.63, 3.8) is 0 Å². The van der Waals surface area contributed by atoms with E-state index >= 15 is 0 Å². The molecule has 0 amide bonds. The van der Waals surface area contributed by atoms with Gasteiger partial charge in [-0.1, -0.05) is 6.07 Å². The van der Waals surface area contributed by atoms with E-state index in [-0.39, 0.29) is 12.8 Å². The second-order valence-electron chi connectivity index (χ2n) is 6.86. The Bertz CT molecular complexity index is 883. The number of nitrogens with zero attached hydrogens (tertiary/aromatic N) is 1. The van der Waals surface area contributed by atoms with Crippen LogP contribution in [0.15, 0.2) is 36.4 Å². The zero-order valence-electron chi connectivity index (χ0n) is 15.9. The van der Waals surface area contributed by atoms with E-state index in [1.54, 1.807) is 14.2 Å². The minimum Gasteiger partial charge on any atom is -0.497 e. The smallest absolute Gasteiger partial charge is 0.320 e. The molecule has 28 heavy (non-hydrogen) atoms. The maximum atomic E-state index is 11.9. The zero-order valence-corrected chi connectivity index (χ0v) is 15.9. The Balaban J connectivity index is 1.84. The summed E-state index contributed by atoms with van der Waals surface area (Å²) in [6.07, 6.45) is 1.45. The van der Waals surface area contributed by atoms with Crippen LogP contribution in [0.3, 0.4) is 0 Å². The highest BCUT2D eigenvalue weighted by molar-refractivity contribution is 5.74. The first-order chi connectivity index (χ1) is 13.6. The maximum Gasteiger partial charge on any atom is 0.320 e. The third kappa shape index (κ3) is 3.22. The molecule has 1 N–H and O–H groups in total. The Labute approximate surface area is 163 Å². The average Bonchev–Trinajstić information content (AvgIpc) is 3.37. The summed E-state index contributed by atoms with van der Waals surface area (Å²) in [6, 6.07) is 10.5. The second-order valence-corrected chi connectivity index (χ2v) is 6.86. The number of methoxy groups -OCH3 is 2. The monoisotopic (exact) mass is 385 g/mol. The van der Waals surface area contributed by atoms with Crippen LogP contribution >= 0.6 is 0 Å². The van der Waals surface area contributed by atoms with Gasteiger partial charge in [0.25, 0.3) is 0 Å². The van der Waals surface area contributed by atoms with Gasteiger partial charge < -0.3 is 24.1 Å². The van der Waals surface area contributed by atoms with Crippen molar-refractivity contribution in [3.05, 3.63) is 47.5 Å². The lowest BCUT2D eigenvalue weighted by Crippen LogP contribution is -2.39. The molecule has 4 rings (SSSR count). The molecule has 0 bridgehead atoms. The van der Waals surface area contributed by atoms with E-state index in [2.05, 4.69) is 0 Å². The number of hydrogen-bond donors (Lipinski definition) is 1. The van der Waals surface area contributed by atoms with E-state index < -0.39 is 12.0 Å². The number of benzene rings is 2. The van der Waals surface area contributed by atoms with Crippen LogP contribution in [0.5, 0.6) is 23.0 Å². The predicted molar refractivity (Wildman–Crippen MR) is 101 cm³/mol. The molecule has 0 saturated carbocycles. The number of carboxylic acids is 1. The average molecular weight is 385 g/mol. The van der Waals surface area contributed by atoms with Crippen molar-refractivity contribution < 1.29 is 28.8 Å². The number of carbonyl (C=O) groups is 1. The molecule has 7 nitrogen and oxygen atoms in total. The highest BCUT2D eigenvalue weighted by Crippen LogP contribution is 2.43. The third-order valence-corrected chi connectivity index (χ3v) is 5.36. The maximum absolute atomic E-state index is 11.9. The van der Waals surface area contributed by atoms with E-state index in [1.165, 1.54) is 0 Å². The number of ether oxygens (including phenoxy) is 4. The van der Waals surface area contributed by atoms with E-state index in [1.807, 2.05) is 41.3 Å². The molecular weight excluding hydrogens is 362 g/mol. The summed E-state index contributed by atoms with van der Waals surface area (Å²) >= 11 is 0. The summed E-state index contributed by atoms with van der Waals surface area (Å²) in [7, 11) is 3.21. The molecule has 2 unspecified atom stereocenters. The van der Waals surface area contributed by atoms with Crippen LogP contribution in [-0.4, -0.2) is 49.6 Å². The van der Waals surface area contributed by atoms with Crippen molar-refractivity contribution in [3.8, 4) is 23.0 Å². The van der Waals surface area contributed by atoms with E-state index in [0.717, 1.165) is 17.5 Å². The molecule has 2 aliphatic heterocycles. The topological polar surface area (TPSA) is 77.5 Å². The molecule has 0 radical (unpaired) electrons. The van der Waals surface area contributed by atoms with Crippen LogP contribution in [-0.2, 0) is 4.79 Å². The zero-order chi connectivity index (χ0) is 19.7. The Kier molecular flexibility index (Phi) is 5.00. The summed E-state index contributed by atoms with van der Waals surface area (Å²) in [5.41, 5.74) is 1.82. The summed E-state index contributed by atoms with van der Waals surface area (Å²) < 4.78 is 21.9. The van der Waals surface area contributed by atoms with Gasteiger partial charge in [-0.2, -0.15) is 0 Å². The predicted octanol–water partition coefficient (Wildman–Crippen LogP) is 3.07. The van der Waals surface area contributed by atoms with E-state index in [0.29, 0.717) is 36.0 Å². The van der Waals surface area contributed by atoms with Gasteiger partial charge in [0.1, 0.15) is 17.5 Å². The Morgan fingerprint density at radius 1 is 1.14 bits per heavy atom. The third-order valence-electron chi connectivity index (χ3n) is 5.36. The molecule has 1 fully saturated rings. The van der Waals surface area contributed by atoms with Gasteiger partial charge in [0.15, 0.2) is 11.5 Å². The molecule has 0 aliphatic carbocycles. The molecule has 2 aromatic rings. The first-order valence-electron chi connectivity index (χ1n) is 9.22. The highest BCUT2D eigenvalue weighted by Gasteiger charge is 2.38. The van der Waals surface area contributed by atoms with Gasteiger partial charge in [0, 0.05) is 18.2 Å². The van der Waals surface area contributed by atoms with Crippen LogP contribution in [0.4, 0.5) is 0 Å². The van der Waals surface area contributed by atoms with Crippen molar-refractivity contribution >= 4 is 5.97 Å². The van der Waals surface area contributed by atoms with E-state index in [9.17, 15) is 9.90 Å². The number of hydrogen-bond acceptors (Lipinski definition) is 6. The van der Waals surface area contributed by atoms with Crippen LogP contribution in [0.25, 0.3) is 0 Å². The number of aliphatic carboxylic acids is 1. The molecule has 2 atom stereocenters. The summed E-state index contributed by atoms with van der Waals surface area (Å²) in [4.78, 5) is 13.9. The SMILES string of the molecule is COc1ccc(C(c2ccc3c(c2)OCO3)N2CCCC2C(=O)O)c(OC)c1. The lowest BCUT2D eigenvalue weighted by molar-refractivity contribution is -0.142. The fourth-order valence-corrected chi connectivity index (χ4v) is 4.04. The fraction of sp³-hybridized carbons (Fsp3) is 0.381. The van der Waals surface area contributed by atoms with Gasteiger partial charge in [0.05, 0.1) is 20.3 Å². The second kappa shape index (κ2) is 7.59. The summed E-state index contributed by atoms with van der Waals surface area (Å²) in [5, 5.41) is 9.75. The van der Waals surface area contributed by atoms with Gasteiger partial charge in [-0.05, 0) is 42.7 Å². The first-order valence-corrected chi connectivity index (χ1v) is 9.22. The van der Waals surface area contributed by atoms with Gasteiger partial charge >= 0.3 is 5.97 Å². The molecular formula is C21H23NO6. The minimum absolute atomic E-state index is 0.191. The van der Waals surface area contributed by atoms with Gasteiger partial charge in [-0.3, -0.25) is 9.69 Å². The molecule has 2 aliphatic rings. The number of fused-ring (bicyclic) bond motifs is 1. The van der Waals surface area contributed by atoms with Crippen LogP contribution < -0.4 is 18.9 Å². The van der Waals surface area contributed by atoms with Gasteiger partial charge in [-0.15, -0.1) is 0 Å². The molecule has 148 valence electrons. The quantitative estimate of drug-likeness (QED) is 0.819. The van der Waals surface area contributed by atoms with Crippen LogP contribution in [0, 0.1) is 0 Å². The lowest BCUT2D eigenvalue weighted by Gasteiger charge is -2.33. The van der Waals surface area contributed by atoms with Gasteiger partial charge in [-0.25, -0.2) is 0 Å². The van der Waals surface area contributed by atoms with Crippen molar-refractivity contribution in [1.29, 1.82) is 0 Å². The standard InChI is InChI=1S/C21H23NO6/c1-25-14-6-7-15(18(11-14)26-2)20(22-9-3-4-16(22)21(23)24)13-5-8-17-19(10-13)28-12-27-17/h5-8,10-11,16,20H,3-4,9,12H2,1-2H3,(H,23,24). The van der Waals surface area contributed by atoms with Crippen molar-refractivity contribution in [2.24, 2.45) is 0 Å². The molecule has 2 aromatic carbocycles. The van der Waals surface area contributed by atoms with E-state index in [4.69, 9.17) is 18.9 Å². The number of carboxylic acid groups (broad SMARTS) is 1. The molecule has 0 aromatic heterocycles. The Hall–Kier alpha value is -2.93. The van der Waals surface area contributed by atoms with Crippen molar-refractivity contribution in [2.45, 2.75) is 24.9 Å². The van der Waals surface area contributed by atoms with Crippen LogP contribution in [0.2, 0.25) is 0 Å². The summed E-state index contributed by atoms with van der Waals surface area (Å²) in [5.74, 6) is 1.89. The largest absolute Gasteiger partial charge is 0.497 e. The van der Waals surface area contributed by atoms with Crippen molar-refractivity contribution in [2.75, 3.05) is 27.6 Å². The van der Waals surface area contributed by atoms with Crippen LogP contribution in [0.1, 0.15) is 30.0 Å². The number of rotatable bonds is 6.